The van der Waals surface area contributed by atoms with Crippen LogP contribution >= 0.6 is 0 Å². The Labute approximate surface area is 130 Å². The molecule has 2 unspecified atom stereocenters. The van der Waals surface area contributed by atoms with Crippen LogP contribution in [0.25, 0.3) is 0 Å². The lowest BCUT2D eigenvalue weighted by Gasteiger charge is -2.22. The van der Waals surface area contributed by atoms with Gasteiger partial charge in [-0.1, -0.05) is 0 Å². The monoisotopic (exact) mass is 308 g/mol. The number of nitrogens with one attached hydrogen (secondary N) is 1. The number of nitrogens with zero attached hydrogens (tertiary/aromatic N) is 2. The average molecular weight is 308 g/mol. The highest BCUT2D eigenvalue weighted by molar-refractivity contribution is 5.92. The second kappa shape index (κ2) is 6.48. The molecule has 0 aliphatic heterocycles. The third kappa shape index (κ3) is 3.47. The van der Waals surface area contributed by atoms with E-state index in [1.54, 1.807) is 27.0 Å². The van der Waals surface area contributed by atoms with Gasteiger partial charge in [-0.15, -0.1) is 0 Å². The number of amides is 1. The maximum absolute atomic E-state index is 12.2. The van der Waals surface area contributed by atoms with Gasteiger partial charge in [0, 0.05) is 18.2 Å². The third-order valence-corrected chi connectivity index (χ3v) is 4.04. The van der Waals surface area contributed by atoms with Crippen LogP contribution in [-0.2, 0) is 19.9 Å². The van der Waals surface area contributed by atoms with Crippen molar-refractivity contribution in [1.82, 2.24) is 9.78 Å². The van der Waals surface area contributed by atoms with E-state index in [1.165, 1.54) is 10.9 Å². The van der Waals surface area contributed by atoms with Crippen LogP contribution in [0.5, 0.6) is 0 Å². The molecule has 0 spiro atoms. The lowest BCUT2D eigenvalue weighted by molar-refractivity contribution is -0.152. The SMILES string of the molecule is CCOC(=O)C(C)(C)n1cc(NC(=O)C2CCC(N)C2)cn1. The lowest BCUT2D eigenvalue weighted by atomic mass is 10.1. The molecule has 7 nitrogen and oxygen atoms in total. The number of hydrogen-bond acceptors (Lipinski definition) is 5. The highest BCUT2D eigenvalue weighted by Gasteiger charge is 2.33. The highest BCUT2D eigenvalue weighted by Crippen LogP contribution is 2.26. The summed E-state index contributed by atoms with van der Waals surface area (Å²) < 4.78 is 6.54. The second-order valence-electron chi connectivity index (χ2n) is 6.21. The zero-order valence-electron chi connectivity index (χ0n) is 13.3. The van der Waals surface area contributed by atoms with Crippen molar-refractivity contribution in [2.75, 3.05) is 11.9 Å². The van der Waals surface area contributed by atoms with Crippen molar-refractivity contribution in [2.45, 2.75) is 51.6 Å². The van der Waals surface area contributed by atoms with Crippen LogP contribution in [0.15, 0.2) is 12.4 Å². The van der Waals surface area contributed by atoms with E-state index < -0.39 is 5.54 Å². The molecule has 1 fully saturated rings. The van der Waals surface area contributed by atoms with Crippen LogP contribution in [0.2, 0.25) is 0 Å². The van der Waals surface area contributed by atoms with Crippen LogP contribution in [0.4, 0.5) is 5.69 Å². The number of carbonyl (C=O) groups is 2. The summed E-state index contributed by atoms with van der Waals surface area (Å²) in [5.74, 6) is -0.449. The Hall–Kier alpha value is -1.89. The van der Waals surface area contributed by atoms with Gasteiger partial charge in [0.25, 0.3) is 0 Å². The minimum Gasteiger partial charge on any atom is -0.464 e. The minimum atomic E-state index is -0.922. The van der Waals surface area contributed by atoms with Gasteiger partial charge in [-0.3, -0.25) is 9.48 Å². The fourth-order valence-corrected chi connectivity index (χ4v) is 2.59. The molecule has 3 N–H and O–H groups in total. The summed E-state index contributed by atoms with van der Waals surface area (Å²) in [7, 11) is 0. The minimum absolute atomic E-state index is 0.0403. The molecular formula is C15H24N4O3. The first-order valence-corrected chi connectivity index (χ1v) is 7.63. The quantitative estimate of drug-likeness (QED) is 0.797. The Balaban J connectivity index is 2.02. The first-order chi connectivity index (χ1) is 10.3. The molecule has 0 radical (unpaired) electrons. The summed E-state index contributed by atoms with van der Waals surface area (Å²) in [6, 6.07) is 0.112. The largest absolute Gasteiger partial charge is 0.464 e. The number of esters is 1. The lowest BCUT2D eigenvalue weighted by Crippen LogP contribution is -2.37. The van der Waals surface area contributed by atoms with Crippen LogP contribution in [0.1, 0.15) is 40.0 Å². The number of aromatic nitrogens is 2. The van der Waals surface area contributed by atoms with E-state index in [0.717, 1.165) is 12.8 Å². The number of nitrogens with two attached hydrogens (primary N) is 1. The van der Waals surface area contributed by atoms with E-state index in [9.17, 15) is 9.59 Å². The van der Waals surface area contributed by atoms with E-state index in [2.05, 4.69) is 10.4 Å². The first kappa shape index (κ1) is 16.5. The average Bonchev–Trinajstić information content (AvgIpc) is 3.08. The van der Waals surface area contributed by atoms with Crippen molar-refractivity contribution in [2.24, 2.45) is 11.7 Å². The molecule has 2 atom stereocenters. The van der Waals surface area contributed by atoms with E-state index in [1.807, 2.05) is 0 Å². The molecule has 0 bridgehead atoms. The van der Waals surface area contributed by atoms with E-state index in [-0.39, 0.29) is 23.8 Å². The van der Waals surface area contributed by atoms with Gasteiger partial charge >= 0.3 is 5.97 Å². The standard InChI is InChI=1S/C15H24N4O3/c1-4-22-14(21)15(2,3)19-9-12(8-17-19)18-13(20)10-5-6-11(16)7-10/h8-11H,4-7,16H2,1-3H3,(H,18,20). The van der Waals surface area contributed by atoms with Gasteiger partial charge in [-0.2, -0.15) is 5.10 Å². The Morgan fingerprint density at radius 3 is 2.82 bits per heavy atom. The Bertz CT molecular complexity index is 553. The fourth-order valence-electron chi connectivity index (χ4n) is 2.59. The van der Waals surface area contributed by atoms with Gasteiger partial charge in [0.1, 0.15) is 0 Å². The summed E-state index contributed by atoms with van der Waals surface area (Å²) >= 11 is 0. The highest BCUT2D eigenvalue weighted by atomic mass is 16.5. The van der Waals surface area contributed by atoms with Crippen LogP contribution in [-0.4, -0.2) is 34.3 Å². The summed E-state index contributed by atoms with van der Waals surface area (Å²) in [6.07, 6.45) is 5.59. The number of hydrogen-bond donors (Lipinski definition) is 2. The van der Waals surface area contributed by atoms with Crippen LogP contribution in [0.3, 0.4) is 0 Å². The molecule has 1 saturated carbocycles. The van der Waals surface area contributed by atoms with E-state index >= 15 is 0 Å². The summed E-state index contributed by atoms with van der Waals surface area (Å²) in [6.45, 7) is 5.52. The van der Waals surface area contributed by atoms with Crippen molar-refractivity contribution < 1.29 is 14.3 Å². The molecule has 1 aliphatic carbocycles. The van der Waals surface area contributed by atoms with Gasteiger partial charge < -0.3 is 15.8 Å². The molecular weight excluding hydrogens is 284 g/mol. The summed E-state index contributed by atoms with van der Waals surface area (Å²) in [4.78, 5) is 24.1. The van der Waals surface area contributed by atoms with Crippen molar-refractivity contribution in [3.05, 3.63) is 12.4 Å². The molecule has 1 aliphatic rings. The summed E-state index contributed by atoms with van der Waals surface area (Å²) in [5.41, 5.74) is 5.48. The summed E-state index contributed by atoms with van der Waals surface area (Å²) in [5, 5.41) is 7.00. The smallest absolute Gasteiger partial charge is 0.333 e. The number of anilines is 1. The Kier molecular flexibility index (Phi) is 4.85. The molecule has 0 aromatic carbocycles. The Morgan fingerprint density at radius 2 is 2.23 bits per heavy atom. The third-order valence-electron chi connectivity index (χ3n) is 4.04. The molecule has 122 valence electrons. The van der Waals surface area contributed by atoms with Gasteiger partial charge in [0.2, 0.25) is 5.91 Å². The molecule has 22 heavy (non-hydrogen) atoms. The fraction of sp³-hybridized carbons (Fsp3) is 0.667. The molecule has 1 heterocycles. The molecule has 0 saturated heterocycles. The molecule has 2 rings (SSSR count). The normalized spacial score (nSPS) is 21.6. The maximum atomic E-state index is 12.2. The number of ether oxygens (including phenoxy) is 1. The maximum Gasteiger partial charge on any atom is 0.333 e. The van der Waals surface area contributed by atoms with E-state index in [0.29, 0.717) is 18.7 Å². The van der Waals surface area contributed by atoms with Crippen molar-refractivity contribution >= 4 is 17.6 Å². The van der Waals surface area contributed by atoms with Crippen molar-refractivity contribution in [3.63, 3.8) is 0 Å². The molecule has 1 amide bonds. The van der Waals surface area contributed by atoms with Crippen LogP contribution in [0, 0.1) is 5.92 Å². The van der Waals surface area contributed by atoms with E-state index in [4.69, 9.17) is 10.5 Å². The molecule has 7 heteroatoms. The zero-order chi connectivity index (χ0) is 16.3. The zero-order valence-corrected chi connectivity index (χ0v) is 13.3. The second-order valence-corrected chi connectivity index (χ2v) is 6.21. The van der Waals surface area contributed by atoms with Crippen molar-refractivity contribution in [1.29, 1.82) is 0 Å². The van der Waals surface area contributed by atoms with Gasteiger partial charge in [0.15, 0.2) is 5.54 Å². The Morgan fingerprint density at radius 1 is 1.50 bits per heavy atom. The predicted molar refractivity (Wildman–Crippen MR) is 82.1 cm³/mol. The van der Waals surface area contributed by atoms with Crippen molar-refractivity contribution in [3.8, 4) is 0 Å². The first-order valence-electron chi connectivity index (χ1n) is 7.63. The topological polar surface area (TPSA) is 99.2 Å². The van der Waals surface area contributed by atoms with Gasteiger partial charge in [0.05, 0.1) is 18.5 Å². The predicted octanol–water partition coefficient (Wildman–Crippen LogP) is 1.25. The number of carbonyl (C=O) groups excluding carboxylic acids is 2. The molecule has 1 aromatic rings. The van der Waals surface area contributed by atoms with Gasteiger partial charge in [-0.05, 0) is 40.0 Å². The van der Waals surface area contributed by atoms with Gasteiger partial charge in [-0.25, -0.2) is 4.79 Å². The molecule has 1 aromatic heterocycles. The van der Waals surface area contributed by atoms with Crippen LogP contribution < -0.4 is 11.1 Å². The number of rotatable bonds is 5.